The lowest BCUT2D eigenvalue weighted by Crippen LogP contribution is -2.60. The Hall–Kier alpha value is -0.870. The summed E-state index contributed by atoms with van der Waals surface area (Å²) in [7, 11) is 2.00. The van der Waals surface area contributed by atoms with Crippen LogP contribution in [0.5, 0.6) is 0 Å². The lowest BCUT2D eigenvalue weighted by molar-refractivity contribution is 0.0635. The Morgan fingerprint density at radius 2 is 1.95 bits per heavy atom. The molecule has 0 radical (unpaired) electrons. The molecule has 1 aliphatic rings. The van der Waals surface area contributed by atoms with Gasteiger partial charge < -0.3 is 5.32 Å². The number of nitrogens with zero attached hydrogens (tertiary/aromatic N) is 3. The van der Waals surface area contributed by atoms with E-state index in [1.807, 2.05) is 17.9 Å². The molecule has 0 aromatic carbocycles. The maximum Gasteiger partial charge on any atom is 0.0522 e. The molecule has 4 nitrogen and oxygen atoms in total. The molecular weight excluding hydrogens is 260 g/mol. The van der Waals surface area contributed by atoms with Crippen LogP contribution in [0.25, 0.3) is 0 Å². The summed E-state index contributed by atoms with van der Waals surface area (Å²) in [6.07, 6.45) is 10.7. The molecule has 1 aromatic heterocycles. The summed E-state index contributed by atoms with van der Waals surface area (Å²) in [5.74, 6) is 0. The van der Waals surface area contributed by atoms with Crippen molar-refractivity contribution in [2.45, 2.75) is 64.5 Å². The third-order valence-electron chi connectivity index (χ3n) is 5.16. The number of likely N-dealkylation sites (N-methyl/N-ethyl adjacent to an activating group) is 2. The first-order chi connectivity index (χ1) is 10.2. The van der Waals surface area contributed by atoms with Crippen molar-refractivity contribution in [2.75, 3.05) is 19.6 Å². The summed E-state index contributed by atoms with van der Waals surface area (Å²) in [4.78, 5) is 2.70. The molecule has 0 saturated heterocycles. The number of rotatable bonds is 8. The first-order valence-corrected chi connectivity index (χ1v) is 8.62. The number of aryl methyl sites for hydroxylation is 1. The molecule has 21 heavy (non-hydrogen) atoms. The van der Waals surface area contributed by atoms with Crippen molar-refractivity contribution in [1.29, 1.82) is 0 Å². The molecule has 0 amide bonds. The van der Waals surface area contributed by atoms with Gasteiger partial charge in [-0.1, -0.05) is 33.6 Å². The van der Waals surface area contributed by atoms with Crippen molar-refractivity contribution in [3.8, 4) is 0 Å². The van der Waals surface area contributed by atoms with Gasteiger partial charge in [0.15, 0.2) is 0 Å². The molecule has 1 aliphatic carbocycles. The van der Waals surface area contributed by atoms with Gasteiger partial charge in [-0.2, -0.15) is 5.10 Å². The van der Waals surface area contributed by atoms with Crippen LogP contribution < -0.4 is 5.32 Å². The van der Waals surface area contributed by atoms with Crippen molar-refractivity contribution in [2.24, 2.45) is 7.05 Å². The van der Waals surface area contributed by atoms with Gasteiger partial charge in [-0.25, -0.2) is 0 Å². The van der Waals surface area contributed by atoms with Crippen molar-refractivity contribution in [3.05, 3.63) is 18.0 Å². The van der Waals surface area contributed by atoms with Crippen molar-refractivity contribution < 1.29 is 0 Å². The smallest absolute Gasteiger partial charge is 0.0522 e. The van der Waals surface area contributed by atoms with Crippen LogP contribution in [0.4, 0.5) is 0 Å². The Balaban J connectivity index is 2.23. The summed E-state index contributed by atoms with van der Waals surface area (Å²) in [6.45, 7) is 10.2. The van der Waals surface area contributed by atoms with Crippen LogP contribution in [0.1, 0.15) is 52.0 Å². The van der Waals surface area contributed by atoms with E-state index in [2.05, 4.69) is 42.3 Å². The Morgan fingerprint density at radius 1 is 1.29 bits per heavy atom. The third kappa shape index (κ3) is 3.49. The Morgan fingerprint density at radius 3 is 2.43 bits per heavy atom. The summed E-state index contributed by atoms with van der Waals surface area (Å²) in [5.41, 5.74) is 1.68. The Labute approximate surface area is 129 Å². The number of hydrogen-bond donors (Lipinski definition) is 1. The fraction of sp³-hybridized carbons (Fsp3) is 0.824. The van der Waals surface area contributed by atoms with Gasteiger partial charge in [0.1, 0.15) is 0 Å². The topological polar surface area (TPSA) is 33.1 Å². The quantitative estimate of drug-likeness (QED) is 0.799. The van der Waals surface area contributed by atoms with Crippen molar-refractivity contribution in [3.63, 3.8) is 0 Å². The molecule has 2 rings (SSSR count). The lowest BCUT2D eigenvalue weighted by atomic mass is 9.82. The minimum absolute atomic E-state index is 0.329. The van der Waals surface area contributed by atoms with Gasteiger partial charge in [0.2, 0.25) is 0 Å². The van der Waals surface area contributed by atoms with E-state index in [4.69, 9.17) is 0 Å². The molecule has 1 atom stereocenters. The van der Waals surface area contributed by atoms with Crippen LogP contribution in [0.15, 0.2) is 12.4 Å². The first-order valence-electron chi connectivity index (χ1n) is 8.62. The fourth-order valence-corrected chi connectivity index (χ4v) is 4.24. The predicted molar refractivity (Wildman–Crippen MR) is 88.5 cm³/mol. The minimum atomic E-state index is 0.329. The third-order valence-corrected chi connectivity index (χ3v) is 5.16. The maximum atomic E-state index is 4.34. The van der Waals surface area contributed by atoms with Gasteiger partial charge in [0.25, 0.3) is 0 Å². The fourth-order valence-electron chi connectivity index (χ4n) is 4.24. The zero-order chi connectivity index (χ0) is 15.3. The van der Waals surface area contributed by atoms with E-state index < -0.39 is 0 Å². The second-order valence-corrected chi connectivity index (χ2v) is 6.32. The minimum Gasteiger partial charge on any atom is -0.312 e. The summed E-state index contributed by atoms with van der Waals surface area (Å²) >= 11 is 0. The van der Waals surface area contributed by atoms with E-state index in [1.54, 1.807) is 0 Å². The molecule has 4 heteroatoms. The van der Waals surface area contributed by atoms with Gasteiger partial charge in [0, 0.05) is 24.8 Å². The average Bonchev–Trinajstić information content (AvgIpc) is 3.10. The van der Waals surface area contributed by atoms with E-state index in [0.717, 1.165) is 26.1 Å². The van der Waals surface area contributed by atoms with Gasteiger partial charge in [-0.3, -0.25) is 9.58 Å². The molecule has 0 aliphatic heterocycles. The molecule has 1 heterocycles. The predicted octanol–water partition coefficient (Wildman–Crippen LogP) is 2.60. The van der Waals surface area contributed by atoms with E-state index in [0.29, 0.717) is 11.6 Å². The van der Waals surface area contributed by atoms with Crippen LogP contribution in [0, 0.1) is 0 Å². The molecular formula is C17H32N4. The van der Waals surface area contributed by atoms with E-state index in [9.17, 15) is 0 Å². The summed E-state index contributed by atoms with van der Waals surface area (Å²) in [6, 6.07) is 0.522. The number of nitrogens with one attached hydrogen (secondary N) is 1. The monoisotopic (exact) mass is 292 g/mol. The highest BCUT2D eigenvalue weighted by Gasteiger charge is 2.44. The number of hydrogen-bond acceptors (Lipinski definition) is 3. The molecule has 0 spiro atoms. The second kappa shape index (κ2) is 7.41. The van der Waals surface area contributed by atoms with Crippen LogP contribution in [0.2, 0.25) is 0 Å². The molecule has 120 valence electrons. The SMILES string of the molecule is CCNC(Cc1cnn(C)c1)C1(N(CC)CC)CCCC1. The van der Waals surface area contributed by atoms with Crippen molar-refractivity contribution in [1.82, 2.24) is 20.0 Å². The highest BCUT2D eigenvalue weighted by atomic mass is 15.2. The molecule has 1 aromatic rings. The Bertz CT molecular complexity index is 416. The van der Waals surface area contributed by atoms with Gasteiger partial charge in [-0.15, -0.1) is 0 Å². The second-order valence-electron chi connectivity index (χ2n) is 6.32. The lowest BCUT2D eigenvalue weighted by Gasteiger charge is -2.46. The van der Waals surface area contributed by atoms with Crippen LogP contribution in [-0.4, -0.2) is 45.9 Å². The average molecular weight is 292 g/mol. The van der Waals surface area contributed by atoms with Crippen LogP contribution in [-0.2, 0) is 13.5 Å². The molecule has 0 bridgehead atoms. The standard InChI is InChI=1S/C17H32N4/c1-5-18-16(12-15-13-19-20(4)14-15)17(10-8-9-11-17)21(6-2)7-3/h13-14,16,18H,5-12H2,1-4H3. The zero-order valence-electron chi connectivity index (χ0n) is 14.2. The molecule has 1 N–H and O–H groups in total. The molecule has 1 saturated carbocycles. The van der Waals surface area contributed by atoms with Crippen molar-refractivity contribution >= 4 is 0 Å². The normalized spacial score (nSPS) is 19.3. The zero-order valence-corrected chi connectivity index (χ0v) is 14.2. The highest BCUT2D eigenvalue weighted by molar-refractivity contribution is 5.12. The maximum absolute atomic E-state index is 4.34. The number of aromatic nitrogens is 2. The van der Waals surface area contributed by atoms with Gasteiger partial charge in [0.05, 0.1) is 6.20 Å². The van der Waals surface area contributed by atoms with E-state index in [1.165, 1.54) is 31.2 Å². The van der Waals surface area contributed by atoms with E-state index in [-0.39, 0.29) is 0 Å². The van der Waals surface area contributed by atoms with Crippen LogP contribution >= 0.6 is 0 Å². The largest absolute Gasteiger partial charge is 0.312 e. The summed E-state index contributed by atoms with van der Waals surface area (Å²) < 4.78 is 1.91. The Kier molecular flexibility index (Phi) is 5.82. The van der Waals surface area contributed by atoms with Crippen LogP contribution in [0.3, 0.4) is 0 Å². The van der Waals surface area contributed by atoms with Gasteiger partial charge in [-0.05, 0) is 44.5 Å². The first kappa shape index (κ1) is 16.5. The highest BCUT2D eigenvalue weighted by Crippen LogP contribution is 2.39. The van der Waals surface area contributed by atoms with E-state index >= 15 is 0 Å². The molecule has 1 unspecified atom stereocenters. The molecule has 1 fully saturated rings. The van der Waals surface area contributed by atoms with Gasteiger partial charge >= 0.3 is 0 Å². The summed E-state index contributed by atoms with van der Waals surface area (Å²) in [5, 5.41) is 8.13.